The number of fused-ring (bicyclic) bond motifs is 1. The largest absolute Gasteiger partial charge is 0.375 e. The minimum atomic E-state index is 0.0514. The smallest absolute Gasteiger partial charge is 0.253 e. The molecule has 3 N–H and O–H groups in total. The van der Waals surface area contributed by atoms with E-state index in [4.69, 9.17) is 5.73 Å². The number of aromatic amines is 1. The van der Waals surface area contributed by atoms with Gasteiger partial charge in [-0.05, 0) is 30.7 Å². The van der Waals surface area contributed by atoms with Crippen molar-refractivity contribution in [2.75, 3.05) is 18.8 Å². The van der Waals surface area contributed by atoms with Gasteiger partial charge in [-0.2, -0.15) is 5.10 Å². The van der Waals surface area contributed by atoms with E-state index in [0.29, 0.717) is 16.6 Å². The minimum Gasteiger partial charge on any atom is -0.375 e. The van der Waals surface area contributed by atoms with E-state index in [2.05, 4.69) is 15.2 Å². The van der Waals surface area contributed by atoms with Gasteiger partial charge >= 0.3 is 0 Å². The van der Waals surface area contributed by atoms with Crippen LogP contribution in [0, 0.1) is 0 Å². The number of hydrogen-bond donors (Lipinski definition) is 2. The Hall–Kier alpha value is -2.41. The quantitative estimate of drug-likeness (QED) is 0.759. The highest BCUT2D eigenvalue weighted by Gasteiger charge is 2.28. The first-order chi connectivity index (χ1) is 10.7. The molecule has 4 rings (SSSR count). The predicted octanol–water partition coefficient (Wildman–Crippen LogP) is 2.23. The lowest BCUT2D eigenvalue weighted by Gasteiger charge is -2.16. The van der Waals surface area contributed by atoms with E-state index in [1.54, 1.807) is 6.20 Å². The predicted molar refractivity (Wildman–Crippen MR) is 85.9 cm³/mol. The van der Waals surface area contributed by atoms with Gasteiger partial charge < -0.3 is 10.6 Å². The van der Waals surface area contributed by atoms with E-state index >= 15 is 0 Å². The molecule has 1 aromatic carbocycles. The topological polar surface area (TPSA) is 87.9 Å². The molecule has 0 aliphatic carbocycles. The van der Waals surface area contributed by atoms with Gasteiger partial charge in [0, 0.05) is 36.5 Å². The summed E-state index contributed by atoms with van der Waals surface area (Å²) in [7, 11) is 0. The number of nitrogens with two attached hydrogens (primary N) is 1. The molecular weight excluding hydrogens is 298 g/mol. The third-order valence-corrected chi connectivity index (χ3v) is 4.95. The van der Waals surface area contributed by atoms with Crippen molar-refractivity contribution in [1.29, 1.82) is 0 Å². The molecule has 0 bridgehead atoms. The Morgan fingerprint density at radius 2 is 2.32 bits per heavy atom. The Balaban J connectivity index is 1.55. The number of benzene rings is 1. The minimum absolute atomic E-state index is 0.0514. The Bertz CT molecular complexity index is 826. The van der Waals surface area contributed by atoms with Gasteiger partial charge in [0.25, 0.3) is 5.91 Å². The maximum atomic E-state index is 12.7. The van der Waals surface area contributed by atoms with Gasteiger partial charge in [-0.15, -0.1) is 0 Å². The lowest BCUT2D eigenvalue weighted by atomic mass is 10.1. The number of H-pyrrole nitrogens is 1. The molecule has 1 atom stereocenters. The summed E-state index contributed by atoms with van der Waals surface area (Å²) in [6.07, 6.45) is 2.71. The molecule has 3 heterocycles. The van der Waals surface area contributed by atoms with E-state index in [-0.39, 0.29) is 5.91 Å². The summed E-state index contributed by atoms with van der Waals surface area (Å²) in [6.45, 7) is 1.48. The SMILES string of the molecule is Nc1nc2cc(C(=O)N3CCC(c4ccn[nH]4)C3)ccc2s1. The van der Waals surface area contributed by atoms with Crippen molar-refractivity contribution < 1.29 is 4.79 Å². The Morgan fingerprint density at radius 1 is 1.41 bits per heavy atom. The van der Waals surface area contributed by atoms with E-state index < -0.39 is 0 Å². The van der Waals surface area contributed by atoms with Crippen LogP contribution in [-0.4, -0.2) is 39.1 Å². The van der Waals surface area contributed by atoms with Crippen molar-refractivity contribution in [3.05, 3.63) is 41.7 Å². The number of carbonyl (C=O) groups is 1. The molecule has 112 valence electrons. The third kappa shape index (κ3) is 2.23. The molecule has 1 unspecified atom stereocenters. The van der Waals surface area contributed by atoms with Gasteiger partial charge in [-0.3, -0.25) is 9.89 Å². The lowest BCUT2D eigenvalue weighted by molar-refractivity contribution is 0.0791. The number of nitrogens with zero attached hydrogens (tertiary/aromatic N) is 3. The number of rotatable bonds is 2. The Kier molecular flexibility index (Phi) is 3.07. The highest BCUT2D eigenvalue weighted by molar-refractivity contribution is 7.22. The van der Waals surface area contributed by atoms with Crippen LogP contribution in [0.5, 0.6) is 0 Å². The molecule has 0 radical (unpaired) electrons. The van der Waals surface area contributed by atoms with Crippen molar-refractivity contribution in [3.8, 4) is 0 Å². The molecule has 22 heavy (non-hydrogen) atoms. The zero-order valence-electron chi connectivity index (χ0n) is 11.8. The van der Waals surface area contributed by atoms with Gasteiger partial charge in [-0.25, -0.2) is 4.98 Å². The standard InChI is InChI=1S/C15H15N5OS/c16-15-18-12-7-9(1-2-13(12)22-15)14(21)20-6-4-10(8-20)11-3-5-17-19-11/h1-3,5,7,10H,4,6,8H2,(H2,16,18)(H,17,19). The normalized spacial score (nSPS) is 18.2. The van der Waals surface area contributed by atoms with Crippen LogP contribution in [0.2, 0.25) is 0 Å². The number of nitrogens with one attached hydrogen (secondary N) is 1. The molecule has 7 heteroatoms. The highest BCUT2D eigenvalue weighted by Crippen LogP contribution is 2.28. The van der Waals surface area contributed by atoms with E-state index in [1.807, 2.05) is 29.2 Å². The molecule has 1 fully saturated rings. The maximum Gasteiger partial charge on any atom is 0.253 e. The summed E-state index contributed by atoms with van der Waals surface area (Å²) >= 11 is 1.43. The number of aromatic nitrogens is 3. The van der Waals surface area contributed by atoms with Gasteiger partial charge in [0.1, 0.15) is 0 Å². The number of thiazole rings is 1. The molecule has 1 amide bonds. The van der Waals surface area contributed by atoms with Crippen molar-refractivity contribution in [1.82, 2.24) is 20.1 Å². The maximum absolute atomic E-state index is 12.7. The molecule has 0 spiro atoms. The molecule has 2 aromatic heterocycles. The fourth-order valence-corrected chi connectivity index (χ4v) is 3.67. The van der Waals surface area contributed by atoms with Crippen LogP contribution in [0.3, 0.4) is 0 Å². The second-order valence-electron chi connectivity index (χ2n) is 5.48. The van der Waals surface area contributed by atoms with Crippen LogP contribution in [-0.2, 0) is 0 Å². The molecule has 0 saturated carbocycles. The average Bonchev–Trinajstić information content (AvgIpc) is 3.24. The van der Waals surface area contributed by atoms with E-state index in [0.717, 1.165) is 35.4 Å². The van der Waals surface area contributed by atoms with E-state index in [1.165, 1.54) is 11.3 Å². The van der Waals surface area contributed by atoms with Crippen LogP contribution >= 0.6 is 11.3 Å². The van der Waals surface area contributed by atoms with Crippen LogP contribution in [0.25, 0.3) is 10.2 Å². The number of hydrogen-bond acceptors (Lipinski definition) is 5. The lowest BCUT2D eigenvalue weighted by Crippen LogP contribution is -2.28. The highest BCUT2D eigenvalue weighted by atomic mass is 32.1. The fraction of sp³-hybridized carbons (Fsp3) is 0.267. The van der Waals surface area contributed by atoms with Crippen LogP contribution in [0.15, 0.2) is 30.5 Å². The van der Waals surface area contributed by atoms with Gasteiger partial charge in [0.2, 0.25) is 0 Å². The summed E-state index contributed by atoms with van der Waals surface area (Å²) in [5, 5.41) is 7.51. The summed E-state index contributed by atoms with van der Waals surface area (Å²) < 4.78 is 1.01. The first-order valence-corrected chi connectivity index (χ1v) is 7.97. The van der Waals surface area contributed by atoms with Crippen molar-refractivity contribution in [2.45, 2.75) is 12.3 Å². The molecule has 3 aromatic rings. The molecule has 1 aliphatic rings. The molecule has 1 aliphatic heterocycles. The number of nitrogen functional groups attached to an aromatic ring is 1. The van der Waals surface area contributed by atoms with Crippen molar-refractivity contribution in [3.63, 3.8) is 0 Å². The van der Waals surface area contributed by atoms with Crippen LogP contribution in [0.4, 0.5) is 5.13 Å². The number of carbonyl (C=O) groups excluding carboxylic acids is 1. The van der Waals surface area contributed by atoms with Gasteiger partial charge in [0.05, 0.1) is 10.2 Å². The van der Waals surface area contributed by atoms with Gasteiger partial charge in [-0.1, -0.05) is 11.3 Å². The number of amides is 1. The molecule has 6 nitrogen and oxygen atoms in total. The molecular formula is C15H15N5OS. The van der Waals surface area contributed by atoms with Crippen molar-refractivity contribution >= 4 is 32.6 Å². The Morgan fingerprint density at radius 3 is 3.14 bits per heavy atom. The summed E-state index contributed by atoms with van der Waals surface area (Å²) in [5.74, 6) is 0.389. The zero-order chi connectivity index (χ0) is 15.1. The fourth-order valence-electron chi connectivity index (χ4n) is 2.95. The number of anilines is 1. The van der Waals surface area contributed by atoms with Crippen LogP contribution < -0.4 is 5.73 Å². The second kappa shape index (κ2) is 5.10. The van der Waals surface area contributed by atoms with E-state index in [9.17, 15) is 4.79 Å². The van der Waals surface area contributed by atoms with Crippen LogP contribution in [0.1, 0.15) is 28.4 Å². The number of likely N-dealkylation sites (tertiary alicyclic amines) is 1. The zero-order valence-corrected chi connectivity index (χ0v) is 12.6. The monoisotopic (exact) mass is 313 g/mol. The first kappa shape index (κ1) is 13.3. The third-order valence-electron chi connectivity index (χ3n) is 4.09. The summed E-state index contributed by atoms with van der Waals surface area (Å²) in [4.78, 5) is 18.8. The first-order valence-electron chi connectivity index (χ1n) is 7.15. The Labute approximate surface area is 131 Å². The van der Waals surface area contributed by atoms with Gasteiger partial charge in [0.15, 0.2) is 5.13 Å². The van der Waals surface area contributed by atoms with Crippen molar-refractivity contribution in [2.24, 2.45) is 0 Å². The second-order valence-corrected chi connectivity index (χ2v) is 6.55. The summed E-state index contributed by atoms with van der Waals surface area (Å²) in [6, 6.07) is 7.57. The summed E-state index contributed by atoms with van der Waals surface area (Å²) in [5.41, 5.74) is 8.27. The molecule has 1 saturated heterocycles. The average molecular weight is 313 g/mol.